The van der Waals surface area contributed by atoms with E-state index >= 15 is 0 Å². The van der Waals surface area contributed by atoms with Crippen LogP contribution in [0.1, 0.15) is 40.3 Å². The van der Waals surface area contributed by atoms with Gasteiger partial charge in [0, 0.05) is 22.5 Å². The molecule has 0 saturated carbocycles. The molecule has 7 nitrogen and oxygen atoms in total. The second kappa shape index (κ2) is 11.1. The van der Waals surface area contributed by atoms with E-state index in [-0.39, 0.29) is 36.4 Å². The number of benzene rings is 2. The van der Waals surface area contributed by atoms with Crippen LogP contribution in [-0.2, 0) is 15.0 Å². The van der Waals surface area contributed by atoms with Crippen molar-refractivity contribution in [3.05, 3.63) is 70.3 Å². The zero-order valence-electron chi connectivity index (χ0n) is 20.5. The Hall–Kier alpha value is -3.03. The van der Waals surface area contributed by atoms with Gasteiger partial charge < -0.3 is 15.0 Å². The number of ether oxygens (including phenoxy) is 1. The molecule has 1 aromatic heterocycles. The number of aromatic nitrogens is 2. The van der Waals surface area contributed by atoms with Crippen LogP contribution in [-0.4, -0.2) is 45.7 Å². The Morgan fingerprint density at radius 2 is 1.74 bits per heavy atom. The van der Waals surface area contributed by atoms with Gasteiger partial charge in [-0.3, -0.25) is 9.59 Å². The minimum Gasteiger partial charge on any atom is -0.484 e. The molecule has 2 aromatic carbocycles. The Kier molecular flexibility index (Phi) is 8.46. The number of nitrogens with one attached hydrogen (secondary N) is 1. The van der Waals surface area contributed by atoms with Crippen LogP contribution in [0.5, 0.6) is 5.75 Å². The van der Waals surface area contributed by atoms with Crippen molar-refractivity contribution < 1.29 is 14.3 Å². The van der Waals surface area contributed by atoms with Crippen LogP contribution in [0.2, 0.25) is 10.0 Å². The van der Waals surface area contributed by atoms with Gasteiger partial charge in [-0.2, -0.15) is 5.10 Å². The van der Waals surface area contributed by atoms with Crippen molar-refractivity contribution in [2.24, 2.45) is 0 Å². The lowest BCUT2D eigenvalue weighted by atomic mass is 9.92. The first kappa shape index (κ1) is 26.6. The van der Waals surface area contributed by atoms with Crippen LogP contribution in [0.15, 0.2) is 54.6 Å². The third kappa shape index (κ3) is 6.99. The number of para-hydroxylation sites is 1. The fourth-order valence-electron chi connectivity index (χ4n) is 3.30. The quantitative estimate of drug-likeness (QED) is 0.414. The molecule has 0 aliphatic rings. The number of hydrogen-bond acceptors (Lipinski definition) is 4. The summed E-state index contributed by atoms with van der Waals surface area (Å²) in [5, 5.41) is 8.68. The van der Waals surface area contributed by atoms with Crippen molar-refractivity contribution >= 4 is 40.8 Å². The van der Waals surface area contributed by atoms with Crippen molar-refractivity contribution in [3.8, 4) is 11.4 Å². The highest BCUT2D eigenvalue weighted by atomic mass is 35.5. The number of carbonyl (C=O) groups excluding carboxylic acids is 2. The zero-order valence-corrected chi connectivity index (χ0v) is 22.0. The first-order valence-electron chi connectivity index (χ1n) is 11.3. The molecule has 9 heteroatoms. The van der Waals surface area contributed by atoms with Gasteiger partial charge >= 0.3 is 0 Å². The fraction of sp³-hybridized carbons (Fsp3) is 0.346. The lowest BCUT2D eigenvalue weighted by molar-refractivity contribution is -0.138. The lowest BCUT2D eigenvalue weighted by Crippen LogP contribution is -2.44. The maximum atomic E-state index is 13.0. The Morgan fingerprint density at radius 3 is 2.34 bits per heavy atom. The maximum absolute atomic E-state index is 13.0. The van der Waals surface area contributed by atoms with Crippen molar-refractivity contribution in [1.82, 2.24) is 14.7 Å². The molecule has 35 heavy (non-hydrogen) atoms. The normalized spacial score (nSPS) is 11.4. The van der Waals surface area contributed by atoms with E-state index in [2.05, 4.69) is 5.32 Å². The summed E-state index contributed by atoms with van der Waals surface area (Å²) in [6, 6.07) is 15.6. The predicted molar refractivity (Wildman–Crippen MR) is 140 cm³/mol. The molecular formula is C26H30Cl2N4O3. The van der Waals surface area contributed by atoms with Crippen LogP contribution in [0, 0.1) is 0 Å². The highest BCUT2D eigenvalue weighted by Crippen LogP contribution is 2.29. The molecule has 3 rings (SSSR count). The number of hydrogen-bond donors (Lipinski definition) is 1. The largest absolute Gasteiger partial charge is 0.484 e. The van der Waals surface area contributed by atoms with E-state index in [1.165, 1.54) is 4.90 Å². The van der Waals surface area contributed by atoms with Gasteiger partial charge in [0.1, 0.15) is 18.1 Å². The molecule has 0 radical (unpaired) electrons. The fourth-order valence-corrected chi connectivity index (χ4v) is 3.64. The first-order chi connectivity index (χ1) is 16.5. The topological polar surface area (TPSA) is 76.5 Å². The van der Waals surface area contributed by atoms with Gasteiger partial charge in [-0.25, -0.2) is 4.68 Å². The molecule has 0 atom stereocenters. The molecule has 0 unspecified atom stereocenters. The average Bonchev–Trinajstić information content (AvgIpc) is 3.21. The Bertz CT molecular complexity index is 1180. The molecule has 0 bridgehead atoms. The number of anilines is 1. The molecule has 3 aromatic rings. The molecule has 186 valence electrons. The van der Waals surface area contributed by atoms with E-state index in [1.807, 2.05) is 58.9 Å². The van der Waals surface area contributed by atoms with Crippen LogP contribution in [0.3, 0.4) is 0 Å². The summed E-state index contributed by atoms with van der Waals surface area (Å²) < 4.78 is 7.19. The van der Waals surface area contributed by atoms with Gasteiger partial charge in [-0.05, 0) is 50.2 Å². The summed E-state index contributed by atoms with van der Waals surface area (Å²) in [7, 11) is 0. The van der Waals surface area contributed by atoms with Crippen molar-refractivity contribution in [2.45, 2.75) is 46.1 Å². The second-order valence-electron chi connectivity index (χ2n) is 9.43. The van der Waals surface area contributed by atoms with E-state index < -0.39 is 0 Å². The van der Waals surface area contributed by atoms with Crippen molar-refractivity contribution in [2.75, 3.05) is 18.5 Å². The van der Waals surface area contributed by atoms with Crippen LogP contribution >= 0.6 is 23.2 Å². The second-order valence-corrected chi connectivity index (χ2v) is 10.3. The molecule has 0 spiro atoms. The Morgan fingerprint density at radius 1 is 1.09 bits per heavy atom. The van der Waals surface area contributed by atoms with Gasteiger partial charge in [0.05, 0.1) is 16.4 Å². The third-order valence-corrected chi connectivity index (χ3v) is 5.83. The molecule has 0 fully saturated rings. The molecule has 0 saturated heterocycles. The van der Waals surface area contributed by atoms with Gasteiger partial charge in [-0.1, -0.05) is 56.1 Å². The number of rotatable bonds is 8. The lowest BCUT2D eigenvalue weighted by Gasteiger charge is -2.26. The zero-order chi connectivity index (χ0) is 25.8. The van der Waals surface area contributed by atoms with E-state index in [0.29, 0.717) is 27.3 Å². The highest BCUT2D eigenvalue weighted by Gasteiger charge is 2.25. The van der Waals surface area contributed by atoms with E-state index in [4.69, 9.17) is 33.0 Å². The molecular weight excluding hydrogens is 487 g/mol. The molecule has 1 N–H and O–H groups in total. The third-order valence-electron chi connectivity index (χ3n) is 5.26. The van der Waals surface area contributed by atoms with E-state index in [1.54, 1.807) is 35.0 Å². The van der Waals surface area contributed by atoms with Crippen LogP contribution < -0.4 is 10.1 Å². The molecule has 0 aliphatic carbocycles. The number of halogens is 2. The van der Waals surface area contributed by atoms with Gasteiger partial charge in [0.2, 0.25) is 5.91 Å². The average molecular weight is 517 g/mol. The summed E-state index contributed by atoms with van der Waals surface area (Å²) >= 11 is 12.3. The van der Waals surface area contributed by atoms with E-state index in [0.717, 1.165) is 5.69 Å². The molecule has 1 heterocycles. The summed E-state index contributed by atoms with van der Waals surface area (Å²) in [4.78, 5) is 27.3. The van der Waals surface area contributed by atoms with E-state index in [9.17, 15) is 9.59 Å². The predicted octanol–water partition coefficient (Wildman–Crippen LogP) is 5.73. The Labute approximate surface area is 216 Å². The Balaban J connectivity index is 1.76. The highest BCUT2D eigenvalue weighted by molar-refractivity contribution is 6.32. The summed E-state index contributed by atoms with van der Waals surface area (Å²) in [6.45, 7) is 9.48. The molecule has 2 amide bonds. The minimum absolute atomic E-state index is 0.140. The number of amides is 2. The molecule has 0 aliphatic heterocycles. The summed E-state index contributed by atoms with van der Waals surface area (Å²) in [5.41, 5.74) is 1.19. The van der Waals surface area contributed by atoms with Gasteiger partial charge in [0.25, 0.3) is 5.91 Å². The SMILES string of the molecule is CC(C)N(CC(=O)Nc1cc(C(C)(C)C)nn1-c1ccccc1Cl)C(=O)COc1ccc(Cl)cc1. The van der Waals surface area contributed by atoms with Gasteiger partial charge in [0.15, 0.2) is 6.61 Å². The monoisotopic (exact) mass is 516 g/mol. The van der Waals surface area contributed by atoms with Crippen molar-refractivity contribution in [3.63, 3.8) is 0 Å². The van der Waals surface area contributed by atoms with Crippen molar-refractivity contribution in [1.29, 1.82) is 0 Å². The van der Waals surface area contributed by atoms with Crippen LogP contribution in [0.25, 0.3) is 5.69 Å². The standard InChI is InChI=1S/C26H30Cl2N4O3/c1-17(2)31(25(34)16-35-19-12-10-18(27)11-13-19)15-24(33)29-23-14-22(26(3,4)5)30-32(23)21-9-7-6-8-20(21)28/h6-14,17H,15-16H2,1-5H3,(H,29,33). The number of carbonyl (C=O) groups is 2. The minimum atomic E-state index is -0.354. The van der Waals surface area contributed by atoms with Crippen LogP contribution in [0.4, 0.5) is 5.82 Å². The smallest absolute Gasteiger partial charge is 0.261 e. The first-order valence-corrected chi connectivity index (χ1v) is 12.0. The summed E-state index contributed by atoms with van der Waals surface area (Å²) in [6.07, 6.45) is 0. The van der Waals surface area contributed by atoms with Gasteiger partial charge in [-0.15, -0.1) is 0 Å². The number of nitrogens with zero attached hydrogens (tertiary/aromatic N) is 3. The maximum Gasteiger partial charge on any atom is 0.261 e. The summed E-state index contributed by atoms with van der Waals surface area (Å²) in [5.74, 6) is 0.336.